The predicted molar refractivity (Wildman–Crippen MR) is 62.1 cm³/mol. The van der Waals surface area contributed by atoms with Crippen LogP contribution in [0.5, 0.6) is 0 Å². The molecule has 0 spiro atoms. The molecule has 78 valence electrons. The van der Waals surface area contributed by atoms with Gasteiger partial charge in [-0.3, -0.25) is 0 Å². The van der Waals surface area contributed by atoms with Crippen molar-refractivity contribution in [1.29, 1.82) is 0 Å². The Morgan fingerprint density at radius 2 is 2.21 bits per heavy atom. The van der Waals surface area contributed by atoms with E-state index >= 15 is 0 Å². The summed E-state index contributed by atoms with van der Waals surface area (Å²) in [4.78, 5) is 0. The number of hydrogen-bond donors (Lipinski definition) is 0. The lowest BCUT2D eigenvalue weighted by Gasteiger charge is -2.41. The van der Waals surface area contributed by atoms with Crippen molar-refractivity contribution >= 4 is 0 Å². The molecule has 1 fully saturated rings. The van der Waals surface area contributed by atoms with Crippen LogP contribution in [0.2, 0.25) is 0 Å². The monoisotopic (exact) mass is 190 g/mol. The van der Waals surface area contributed by atoms with Gasteiger partial charge in [0.05, 0.1) is 0 Å². The van der Waals surface area contributed by atoms with Gasteiger partial charge in [-0.2, -0.15) is 0 Å². The molecular formula is C14H22. The molecule has 1 unspecified atom stereocenters. The van der Waals surface area contributed by atoms with E-state index < -0.39 is 0 Å². The van der Waals surface area contributed by atoms with E-state index in [1.807, 2.05) is 0 Å². The van der Waals surface area contributed by atoms with E-state index in [-0.39, 0.29) is 0 Å². The first-order valence-corrected chi connectivity index (χ1v) is 6.16. The molecule has 2 rings (SSSR count). The summed E-state index contributed by atoms with van der Waals surface area (Å²) in [5, 5.41) is 0. The van der Waals surface area contributed by atoms with E-state index in [4.69, 9.17) is 0 Å². The van der Waals surface area contributed by atoms with E-state index in [1.165, 1.54) is 32.1 Å². The summed E-state index contributed by atoms with van der Waals surface area (Å²) >= 11 is 0. The number of rotatable bonds is 3. The van der Waals surface area contributed by atoms with Crippen LogP contribution in [0.1, 0.15) is 46.0 Å². The Balaban J connectivity index is 1.82. The average Bonchev–Trinajstić information content (AvgIpc) is 2.17. The third-order valence-corrected chi connectivity index (χ3v) is 4.19. The zero-order valence-electron chi connectivity index (χ0n) is 9.50. The molecule has 0 bridgehead atoms. The normalized spacial score (nSPS) is 33.4. The molecular weight excluding hydrogens is 168 g/mol. The Morgan fingerprint density at radius 3 is 2.79 bits per heavy atom. The van der Waals surface area contributed by atoms with E-state index in [1.54, 1.807) is 5.57 Å². The molecule has 0 aromatic carbocycles. The van der Waals surface area contributed by atoms with Crippen molar-refractivity contribution in [2.45, 2.75) is 46.0 Å². The minimum atomic E-state index is 0.943. The molecule has 1 atom stereocenters. The first-order chi connectivity index (χ1) is 6.81. The van der Waals surface area contributed by atoms with Crippen LogP contribution in [0, 0.1) is 17.8 Å². The van der Waals surface area contributed by atoms with Crippen LogP contribution in [-0.4, -0.2) is 0 Å². The third-order valence-electron chi connectivity index (χ3n) is 4.19. The predicted octanol–water partition coefficient (Wildman–Crippen LogP) is 4.34. The summed E-state index contributed by atoms with van der Waals surface area (Å²) in [6, 6.07) is 0. The molecule has 0 aromatic rings. The Labute approximate surface area is 88.1 Å². The molecule has 1 saturated carbocycles. The van der Waals surface area contributed by atoms with Gasteiger partial charge in [0.1, 0.15) is 0 Å². The van der Waals surface area contributed by atoms with Gasteiger partial charge in [-0.25, -0.2) is 0 Å². The molecule has 0 N–H and O–H groups in total. The van der Waals surface area contributed by atoms with Crippen LogP contribution in [0.25, 0.3) is 0 Å². The zero-order chi connectivity index (χ0) is 9.97. The topological polar surface area (TPSA) is 0 Å². The first-order valence-electron chi connectivity index (χ1n) is 6.16. The van der Waals surface area contributed by atoms with Gasteiger partial charge in [0.15, 0.2) is 0 Å². The SMILES string of the molecule is CCC(C)C1CC(C2=CC=CCC2)C1. The maximum absolute atomic E-state index is 2.41. The highest BCUT2D eigenvalue weighted by Crippen LogP contribution is 2.45. The highest BCUT2D eigenvalue weighted by atomic mass is 14.4. The van der Waals surface area contributed by atoms with Crippen LogP contribution < -0.4 is 0 Å². The fraction of sp³-hybridized carbons (Fsp3) is 0.714. The Kier molecular flexibility index (Phi) is 3.10. The van der Waals surface area contributed by atoms with E-state index in [9.17, 15) is 0 Å². The molecule has 2 aliphatic carbocycles. The van der Waals surface area contributed by atoms with Gasteiger partial charge in [-0.15, -0.1) is 0 Å². The Hall–Kier alpha value is -0.520. The van der Waals surface area contributed by atoms with Crippen molar-refractivity contribution in [3.63, 3.8) is 0 Å². The van der Waals surface area contributed by atoms with E-state index in [2.05, 4.69) is 32.1 Å². The van der Waals surface area contributed by atoms with Gasteiger partial charge in [-0.1, -0.05) is 44.1 Å². The average molecular weight is 190 g/mol. The van der Waals surface area contributed by atoms with Crippen molar-refractivity contribution in [3.8, 4) is 0 Å². The van der Waals surface area contributed by atoms with Crippen molar-refractivity contribution < 1.29 is 0 Å². The lowest BCUT2D eigenvalue weighted by molar-refractivity contribution is 0.152. The van der Waals surface area contributed by atoms with Crippen LogP contribution in [0.15, 0.2) is 23.8 Å². The molecule has 14 heavy (non-hydrogen) atoms. The smallest absolute Gasteiger partial charge is 0.0195 e. The van der Waals surface area contributed by atoms with Gasteiger partial charge in [0, 0.05) is 0 Å². The van der Waals surface area contributed by atoms with Gasteiger partial charge in [0.2, 0.25) is 0 Å². The van der Waals surface area contributed by atoms with Crippen LogP contribution >= 0.6 is 0 Å². The second-order valence-corrected chi connectivity index (χ2v) is 5.02. The lowest BCUT2D eigenvalue weighted by atomic mass is 9.65. The lowest BCUT2D eigenvalue weighted by Crippen LogP contribution is -2.30. The number of hydrogen-bond acceptors (Lipinski definition) is 0. The molecule has 0 heterocycles. The molecule has 0 aliphatic heterocycles. The van der Waals surface area contributed by atoms with E-state index in [0.717, 1.165) is 17.8 Å². The Morgan fingerprint density at radius 1 is 1.43 bits per heavy atom. The summed E-state index contributed by atoms with van der Waals surface area (Å²) in [5.74, 6) is 2.92. The second kappa shape index (κ2) is 4.33. The molecule has 0 aromatic heterocycles. The van der Waals surface area contributed by atoms with Gasteiger partial charge in [0.25, 0.3) is 0 Å². The van der Waals surface area contributed by atoms with Crippen molar-refractivity contribution in [2.75, 3.05) is 0 Å². The third kappa shape index (κ3) is 1.94. The maximum Gasteiger partial charge on any atom is -0.0195 e. The van der Waals surface area contributed by atoms with Crippen molar-refractivity contribution in [3.05, 3.63) is 23.8 Å². The van der Waals surface area contributed by atoms with Crippen LogP contribution in [0.4, 0.5) is 0 Å². The van der Waals surface area contributed by atoms with Crippen molar-refractivity contribution in [2.24, 2.45) is 17.8 Å². The van der Waals surface area contributed by atoms with Crippen LogP contribution in [0.3, 0.4) is 0 Å². The van der Waals surface area contributed by atoms with Gasteiger partial charge in [-0.05, 0) is 43.4 Å². The second-order valence-electron chi connectivity index (χ2n) is 5.02. The van der Waals surface area contributed by atoms with Crippen molar-refractivity contribution in [1.82, 2.24) is 0 Å². The minimum Gasteiger partial charge on any atom is -0.0842 e. The quantitative estimate of drug-likeness (QED) is 0.621. The first kappa shape index (κ1) is 10.0. The Bertz CT molecular complexity index is 241. The standard InChI is InChI=1S/C14H22/c1-3-11(2)13-9-14(10-13)12-7-5-4-6-8-12/h4-5,7,11,13-14H,3,6,8-10H2,1-2H3. The zero-order valence-corrected chi connectivity index (χ0v) is 9.50. The van der Waals surface area contributed by atoms with Gasteiger partial charge < -0.3 is 0 Å². The minimum absolute atomic E-state index is 0.943. The fourth-order valence-electron chi connectivity index (χ4n) is 2.72. The molecule has 0 nitrogen and oxygen atoms in total. The molecule has 0 radical (unpaired) electrons. The molecule has 0 amide bonds. The molecule has 2 aliphatic rings. The summed E-state index contributed by atoms with van der Waals surface area (Å²) in [7, 11) is 0. The highest BCUT2D eigenvalue weighted by molar-refractivity contribution is 5.22. The summed E-state index contributed by atoms with van der Waals surface area (Å²) in [6.45, 7) is 4.73. The van der Waals surface area contributed by atoms with Gasteiger partial charge >= 0.3 is 0 Å². The fourth-order valence-corrected chi connectivity index (χ4v) is 2.72. The molecule has 0 saturated heterocycles. The summed E-state index contributed by atoms with van der Waals surface area (Å²) < 4.78 is 0. The summed E-state index contributed by atoms with van der Waals surface area (Å²) in [5.41, 5.74) is 1.73. The van der Waals surface area contributed by atoms with Crippen LogP contribution in [-0.2, 0) is 0 Å². The molecule has 0 heteroatoms. The summed E-state index contributed by atoms with van der Waals surface area (Å²) in [6.07, 6.45) is 13.8. The largest absolute Gasteiger partial charge is 0.0842 e. The maximum atomic E-state index is 2.41. The highest BCUT2D eigenvalue weighted by Gasteiger charge is 2.33. The number of allylic oxidation sites excluding steroid dienone is 4. The van der Waals surface area contributed by atoms with E-state index in [0.29, 0.717) is 0 Å².